The third-order valence-electron chi connectivity index (χ3n) is 2.89. The molecule has 0 aliphatic carbocycles. The van der Waals surface area contributed by atoms with E-state index in [1.807, 2.05) is 23.8 Å². The smallest absolute Gasteiger partial charge is 0.335 e. The van der Waals surface area contributed by atoms with Crippen LogP contribution in [-0.4, -0.2) is 21.6 Å². The summed E-state index contributed by atoms with van der Waals surface area (Å²) in [6.45, 7) is 2.81. The quantitative estimate of drug-likeness (QED) is 0.879. The molecule has 0 saturated heterocycles. The van der Waals surface area contributed by atoms with Crippen molar-refractivity contribution in [2.24, 2.45) is 0 Å². The van der Waals surface area contributed by atoms with Gasteiger partial charge in [-0.25, -0.2) is 4.79 Å². The van der Waals surface area contributed by atoms with Gasteiger partial charge in [-0.2, -0.15) is 0 Å². The number of nitrogens with zero attached hydrogens (tertiary/aromatic N) is 1. The van der Waals surface area contributed by atoms with E-state index in [0.29, 0.717) is 11.4 Å². The minimum atomic E-state index is -1.02. The van der Waals surface area contributed by atoms with Gasteiger partial charge in [0.1, 0.15) is 5.69 Å². The van der Waals surface area contributed by atoms with Crippen LogP contribution in [0, 0.1) is 0 Å². The molecule has 2 rings (SSSR count). The fourth-order valence-corrected chi connectivity index (χ4v) is 1.98. The van der Waals surface area contributed by atoms with Crippen LogP contribution in [0.25, 0.3) is 0 Å². The second-order valence-electron chi connectivity index (χ2n) is 4.43. The fraction of sp³-hybridized carbons (Fsp3) is 0.200. The van der Waals surface area contributed by atoms with E-state index in [-0.39, 0.29) is 11.5 Å². The van der Waals surface area contributed by atoms with E-state index in [1.54, 1.807) is 18.2 Å². The molecule has 1 heterocycles. The average molecular weight is 272 g/mol. The number of carboxylic acid groups (broad SMARTS) is 1. The zero-order valence-corrected chi connectivity index (χ0v) is 11.2. The molecule has 0 atom stereocenters. The van der Waals surface area contributed by atoms with Crippen LogP contribution in [0.1, 0.15) is 34.2 Å². The van der Waals surface area contributed by atoms with Crippen LogP contribution < -0.4 is 5.32 Å². The van der Waals surface area contributed by atoms with E-state index in [2.05, 4.69) is 5.32 Å². The van der Waals surface area contributed by atoms with Gasteiger partial charge in [0.2, 0.25) is 0 Å². The number of carboxylic acids is 1. The number of aromatic carboxylic acids is 1. The summed E-state index contributed by atoms with van der Waals surface area (Å²) in [5.41, 5.74) is 1.18. The summed E-state index contributed by atoms with van der Waals surface area (Å²) in [6, 6.07) is 9.75. The van der Waals surface area contributed by atoms with E-state index >= 15 is 0 Å². The van der Waals surface area contributed by atoms with Crippen molar-refractivity contribution in [2.75, 3.05) is 5.32 Å². The first kappa shape index (κ1) is 13.9. The molecule has 0 spiro atoms. The van der Waals surface area contributed by atoms with Gasteiger partial charge >= 0.3 is 5.97 Å². The number of aryl methyl sites for hydroxylation is 1. The van der Waals surface area contributed by atoms with Gasteiger partial charge < -0.3 is 15.0 Å². The summed E-state index contributed by atoms with van der Waals surface area (Å²) >= 11 is 0. The monoisotopic (exact) mass is 272 g/mol. The minimum absolute atomic E-state index is 0.145. The number of rotatable bonds is 5. The Hall–Kier alpha value is -2.56. The van der Waals surface area contributed by atoms with Crippen molar-refractivity contribution in [2.45, 2.75) is 19.9 Å². The van der Waals surface area contributed by atoms with E-state index in [1.165, 1.54) is 12.1 Å². The molecule has 1 aromatic heterocycles. The lowest BCUT2D eigenvalue weighted by Crippen LogP contribution is -2.17. The largest absolute Gasteiger partial charge is 0.478 e. The molecule has 2 N–H and O–H groups in total. The highest BCUT2D eigenvalue weighted by Crippen LogP contribution is 2.13. The van der Waals surface area contributed by atoms with Gasteiger partial charge in [0, 0.05) is 18.4 Å². The second-order valence-corrected chi connectivity index (χ2v) is 4.43. The number of hydrogen-bond donors (Lipinski definition) is 2. The van der Waals surface area contributed by atoms with Gasteiger partial charge in [-0.3, -0.25) is 4.79 Å². The highest BCUT2D eigenvalue weighted by Gasteiger charge is 2.11. The lowest BCUT2D eigenvalue weighted by molar-refractivity contribution is 0.0696. The van der Waals surface area contributed by atoms with Crippen molar-refractivity contribution in [1.82, 2.24) is 4.57 Å². The first-order chi connectivity index (χ1) is 9.61. The highest BCUT2D eigenvalue weighted by atomic mass is 16.4. The standard InChI is InChI=1S/C15H16N2O3/c1-2-8-17-9-4-7-13(17)14(18)16-12-6-3-5-11(10-12)15(19)20/h3-7,9-10H,2,8H2,1H3,(H,16,18)(H,19,20). The Kier molecular flexibility index (Phi) is 4.20. The molecule has 2 aromatic rings. The molecule has 0 fully saturated rings. The van der Waals surface area contributed by atoms with Gasteiger partial charge in [-0.05, 0) is 36.8 Å². The zero-order valence-electron chi connectivity index (χ0n) is 11.2. The molecule has 0 radical (unpaired) electrons. The lowest BCUT2D eigenvalue weighted by atomic mass is 10.2. The maximum absolute atomic E-state index is 12.2. The van der Waals surface area contributed by atoms with Crippen LogP contribution in [0.5, 0.6) is 0 Å². The molecule has 0 aliphatic heterocycles. The molecule has 104 valence electrons. The molecule has 5 nitrogen and oxygen atoms in total. The zero-order chi connectivity index (χ0) is 14.5. The molecule has 1 amide bonds. The van der Waals surface area contributed by atoms with Crippen LogP contribution in [0.4, 0.5) is 5.69 Å². The fourth-order valence-electron chi connectivity index (χ4n) is 1.98. The molecule has 0 aliphatic rings. The number of carbonyl (C=O) groups is 2. The molecule has 0 unspecified atom stereocenters. The van der Waals surface area contributed by atoms with Crippen LogP contribution in [0.15, 0.2) is 42.6 Å². The summed E-state index contributed by atoms with van der Waals surface area (Å²) < 4.78 is 1.87. The Morgan fingerprint density at radius 2 is 2.05 bits per heavy atom. The summed E-state index contributed by atoms with van der Waals surface area (Å²) in [6.07, 6.45) is 2.79. The molecular weight excluding hydrogens is 256 g/mol. The summed E-state index contributed by atoms with van der Waals surface area (Å²) in [5, 5.41) is 11.6. The third-order valence-corrected chi connectivity index (χ3v) is 2.89. The number of hydrogen-bond acceptors (Lipinski definition) is 2. The van der Waals surface area contributed by atoms with Crippen molar-refractivity contribution in [3.63, 3.8) is 0 Å². The number of aromatic nitrogens is 1. The second kappa shape index (κ2) is 6.06. The SMILES string of the molecule is CCCn1cccc1C(=O)Nc1cccc(C(=O)O)c1. The van der Waals surface area contributed by atoms with Crippen molar-refractivity contribution >= 4 is 17.6 Å². The predicted octanol–water partition coefficient (Wildman–Crippen LogP) is 2.85. The molecule has 0 saturated carbocycles. The Morgan fingerprint density at radius 1 is 1.25 bits per heavy atom. The van der Waals surface area contributed by atoms with Gasteiger partial charge in [0.25, 0.3) is 5.91 Å². The van der Waals surface area contributed by atoms with Crippen LogP contribution in [-0.2, 0) is 6.54 Å². The van der Waals surface area contributed by atoms with E-state index < -0.39 is 5.97 Å². The Bertz CT molecular complexity index is 632. The third kappa shape index (κ3) is 3.06. The van der Waals surface area contributed by atoms with Crippen LogP contribution >= 0.6 is 0 Å². The molecule has 1 aromatic carbocycles. The van der Waals surface area contributed by atoms with E-state index in [4.69, 9.17) is 5.11 Å². The number of benzene rings is 1. The molecule has 5 heteroatoms. The Labute approximate surface area is 116 Å². The molecule has 0 bridgehead atoms. The highest BCUT2D eigenvalue weighted by molar-refractivity contribution is 6.03. The number of nitrogens with one attached hydrogen (secondary N) is 1. The topological polar surface area (TPSA) is 71.3 Å². The summed E-state index contributed by atoms with van der Waals surface area (Å²) in [4.78, 5) is 23.1. The van der Waals surface area contributed by atoms with Crippen molar-refractivity contribution < 1.29 is 14.7 Å². The number of carbonyl (C=O) groups excluding carboxylic acids is 1. The molecule has 20 heavy (non-hydrogen) atoms. The van der Waals surface area contributed by atoms with Crippen molar-refractivity contribution in [3.05, 3.63) is 53.9 Å². The number of anilines is 1. The Morgan fingerprint density at radius 3 is 2.75 bits per heavy atom. The van der Waals surface area contributed by atoms with Gasteiger partial charge in [-0.1, -0.05) is 13.0 Å². The Balaban J connectivity index is 2.17. The normalized spacial score (nSPS) is 10.2. The minimum Gasteiger partial charge on any atom is -0.478 e. The van der Waals surface area contributed by atoms with E-state index in [0.717, 1.165) is 13.0 Å². The maximum atomic E-state index is 12.2. The first-order valence-corrected chi connectivity index (χ1v) is 6.41. The van der Waals surface area contributed by atoms with Gasteiger partial charge in [0.05, 0.1) is 5.56 Å². The average Bonchev–Trinajstić information content (AvgIpc) is 2.88. The summed E-state index contributed by atoms with van der Waals surface area (Å²) in [7, 11) is 0. The lowest BCUT2D eigenvalue weighted by Gasteiger charge is -2.09. The van der Waals surface area contributed by atoms with Crippen LogP contribution in [0.3, 0.4) is 0 Å². The summed E-state index contributed by atoms with van der Waals surface area (Å²) in [5.74, 6) is -1.26. The van der Waals surface area contributed by atoms with Crippen molar-refractivity contribution in [1.29, 1.82) is 0 Å². The van der Waals surface area contributed by atoms with Gasteiger partial charge in [-0.15, -0.1) is 0 Å². The van der Waals surface area contributed by atoms with Crippen molar-refractivity contribution in [3.8, 4) is 0 Å². The predicted molar refractivity (Wildman–Crippen MR) is 76.1 cm³/mol. The molecular formula is C15H16N2O3. The van der Waals surface area contributed by atoms with E-state index in [9.17, 15) is 9.59 Å². The maximum Gasteiger partial charge on any atom is 0.335 e. The van der Waals surface area contributed by atoms with Crippen LogP contribution in [0.2, 0.25) is 0 Å². The first-order valence-electron chi connectivity index (χ1n) is 6.41. The number of amides is 1. The van der Waals surface area contributed by atoms with Gasteiger partial charge in [0.15, 0.2) is 0 Å².